The van der Waals surface area contributed by atoms with Crippen molar-refractivity contribution in [1.82, 2.24) is 0 Å². The number of phenols is 1. The van der Waals surface area contributed by atoms with Crippen LogP contribution >= 0.6 is 0 Å². The minimum absolute atomic E-state index is 0.0862. The number of aromatic hydroxyl groups is 1. The molecule has 0 unspecified atom stereocenters. The van der Waals surface area contributed by atoms with Gasteiger partial charge >= 0.3 is 5.63 Å². The fraction of sp³-hybridized carbons (Fsp3) is 0.357. The Morgan fingerprint density at radius 2 is 2.00 bits per heavy atom. The van der Waals surface area contributed by atoms with Crippen LogP contribution in [0.2, 0.25) is 0 Å². The van der Waals surface area contributed by atoms with Crippen LogP contribution in [0.4, 0.5) is 0 Å². The molecule has 1 heterocycles. The van der Waals surface area contributed by atoms with Gasteiger partial charge in [0.2, 0.25) is 0 Å². The minimum atomic E-state index is -1.05. The van der Waals surface area contributed by atoms with Crippen LogP contribution in [0.1, 0.15) is 31.9 Å². The van der Waals surface area contributed by atoms with Gasteiger partial charge in [0.05, 0.1) is 11.7 Å². The summed E-state index contributed by atoms with van der Waals surface area (Å²) in [6, 6.07) is 5.66. The molecule has 1 aromatic carbocycles. The lowest BCUT2D eigenvalue weighted by atomic mass is 9.95. The van der Waals surface area contributed by atoms with Gasteiger partial charge in [-0.1, -0.05) is 0 Å². The average Bonchev–Trinajstić information content (AvgIpc) is 2.25. The van der Waals surface area contributed by atoms with Crippen molar-refractivity contribution >= 4 is 11.0 Å². The molecule has 2 aromatic rings. The molecule has 0 spiro atoms. The van der Waals surface area contributed by atoms with Gasteiger partial charge in [-0.2, -0.15) is 0 Å². The van der Waals surface area contributed by atoms with Gasteiger partial charge in [0.25, 0.3) is 0 Å². The topological polar surface area (TPSA) is 90.9 Å². The lowest BCUT2D eigenvalue weighted by molar-refractivity contribution is 0.0173. The first-order chi connectivity index (χ1) is 8.76. The lowest BCUT2D eigenvalue weighted by Crippen LogP contribution is -2.22. The smallest absolute Gasteiger partial charge is 0.336 e. The van der Waals surface area contributed by atoms with E-state index in [-0.39, 0.29) is 17.8 Å². The van der Waals surface area contributed by atoms with E-state index in [2.05, 4.69) is 0 Å². The van der Waals surface area contributed by atoms with E-state index in [0.29, 0.717) is 10.9 Å². The number of phenolic OH excluding ortho intramolecular Hbond substituents is 1. The van der Waals surface area contributed by atoms with E-state index in [1.807, 2.05) is 0 Å². The Labute approximate surface area is 109 Å². The molecule has 5 nitrogen and oxygen atoms in total. The second-order valence-electron chi connectivity index (χ2n) is 5.24. The second-order valence-corrected chi connectivity index (χ2v) is 5.24. The predicted molar refractivity (Wildman–Crippen MR) is 70.0 cm³/mol. The number of hydrogen-bond acceptors (Lipinski definition) is 5. The third kappa shape index (κ3) is 3.13. The number of rotatable bonds is 3. The van der Waals surface area contributed by atoms with Crippen molar-refractivity contribution in [2.45, 2.75) is 32.0 Å². The molecule has 0 aliphatic rings. The Morgan fingerprint density at radius 1 is 1.32 bits per heavy atom. The molecule has 0 saturated carbocycles. The number of aliphatic hydroxyl groups is 2. The summed E-state index contributed by atoms with van der Waals surface area (Å²) in [6.45, 7) is 3.15. The normalized spacial score (nSPS) is 13.7. The molecule has 0 saturated heterocycles. The van der Waals surface area contributed by atoms with Gasteiger partial charge in [-0.05, 0) is 26.0 Å². The summed E-state index contributed by atoms with van der Waals surface area (Å²) < 4.78 is 4.93. The van der Waals surface area contributed by atoms with E-state index < -0.39 is 17.3 Å². The van der Waals surface area contributed by atoms with Crippen LogP contribution in [0.3, 0.4) is 0 Å². The number of fused-ring (bicyclic) bond motifs is 1. The van der Waals surface area contributed by atoms with Crippen LogP contribution in [0.5, 0.6) is 5.75 Å². The Morgan fingerprint density at radius 3 is 2.63 bits per heavy atom. The summed E-state index contributed by atoms with van der Waals surface area (Å²) >= 11 is 0. The molecule has 102 valence electrons. The third-order valence-electron chi connectivity index (χ3n) is 2.82. The molecule has 0 bridgehead atoms. The zero-order chi connectivity index (χ0) is 14.2. The largest absolute Gasteiger partial charge is 0.507 e. The molecule has 0 radical (unpaired) electrons. The first kappa shape index (κ1) is 13.6. The molecule has 3 N–H and O–H groups in total. The monoisotopic (exact) mass is 264 g/mol. The highest BCUT2D eigenvalue weighted by atomic mass is 16.4. The van der Waals surface area contributed by atoms with E-state index >= 15 is 0 Å². The van der Waals surface area contributed by atoms with E-state index in [1.54, 1.807) is 26.0 Å². The average molecular weight is 264 g/mol. The molecule has 1 aromatic heterocycles. The van der Waals surface area contributed by atoms with Crippen LogP contribution in [-0.4, -0.2) is 20.9 Å². The minimum Gasteiger partial charge on any atom is -0.507 e. The molecule has 19 heavy (non-hydrogen) atoms. The molecule has 0 aliphatic carbocycles. The van der Waals surface area contributed by atoms with Gasteiger partial charge in [0, 0.05) is 29.5 Å². The van der Waals surface area contributed by atoms with E-state index in [0.717, 1.165) is 0 Å². The number of benzene rings is 1. The second kappa shape index (κ2) is 4.68. The Kier molecular flexibility index (Phi) is 3.34. The molecular formula is C14H16O5. The van der Waals surface area contributed by atoms with Gasteiger partial charge in [0.1, 0.15) is 11.3 Å². The SMILES string of the molecule is CC(C)(O)C[C@H](O)c1cc2ccc(=O)oc2cc1O. The molecule has 0 amide bonds. The first-order valence-electron chi connectivity index (χ1n) is 5.93. The lowest BCUT2D eigenvalue weighted by Gasteiger charge is -2.22. The standard InChI is InChI=1S/C14H16O5/c1-14(2,18)7-11(16)9-5-8-3-4-13(17)19-12(8)6-10(9)15/h3-6,11,15-16,18H,7H2,1-2H3/t11-/m0/s1. The summed E-state index contributed by atoms with van der Waals surface area (Å²) in [7, 11) is 0. The molecule has 1 atom stereocenters. The van der Waals surface area contributed by atoms with Crippen molar-refractivity contribution in [3.63, 3.8) is 0 Å². The van der Waals surface area contributed by atoms with Gasteiger partial charge < -0.3 is 19.7 Å². The fourth-order valence-electron chi connectivity index (χ4n) is 1.97. The van der Waals surface area contributed by atoms with Crippen molar-refractivity contribution in [2.75, 3.05) is 0 Å². The summed E-state index contributed by atoms with van der Waals surface area (Å²) in [5, 5.41) is 30.2. The maximum atomic E-state index is 11.1. The van der Waals surface area contributed by atoms with Gasteiger partial charge in [-0.15, -0.1) is 0 Å². The summed E-state index contributed by atoms with van der Waals surface area (Å²) in [6.07, 6.45) is -0.917. The highest BCUT2D eigenvalue weighted by molar-refractivity contribution is 5.79. The van der Waals surface area contributed by atoms with Crippen molar-refractivity contribution in [1.29, 1.82) is 0 Å². The summed E-state index contributed by atoms with van der Waals surface area (Å²) in [5.74, 6) is -0.168. The maximum Gasteiger partial charge on any atom is 0.336 e. The van der Waals surface area contributed by atoms with Crippen molar-refractivity contribution < 1.29 is 19.7 Å². The van der Waals surface area contributed by atoms with Gasteiger partial charge in [-0.3, -0.25) is 0 Å². The summed E-state index contributed by atoms with van der Waals surface area (Å²) in [5.41, 5.74) is -1.01. The molecule has 0 fully saturated rings. The van der Waals surface area contributed by atoms with Crippen molar-refractivity contribution in [2.24, 2.45) is 0 Å². The number of aliphatic hydroxyl groups excluding tert-OH is 1. The van der Waals surface area contributed by atoms with E-state index in [1.165, 1.54) is 12.1 Å². The Balaban J connectivity index is 2.47. The Hall–Kier alpha value is -1.85. The molecule has 2 rings (SSSR count). The highest BCUT2D eigenvalue weighted by Crippen LogP contribution is 2.33. The van der Waals surface area contributed by atoms with Crippen LogP contribution in [0.25, 0.3) is 11.0 Å². The molecular weight excluding hydrogens is 248 g/mol. The van der Waals surface area contributed by atoms with Crippen LogP contribution in [0.15, 0.2) is 33.5 Å². The van der Waals surface area contributed by atoms with E-state index in [4.69, 9.17) is 4.42 Å². The third-order valence-corrected chi connectivity index (χ3v) is 2.82. The maximum absolute atomic E-state index is 11.1. The molecule has 0 aliphatic heterocycles. The van der Waals surface area contributed by atoms with Crippen molar-refractivity contribution in [3.8, 4) is 5.75 Å². The Bertz CT molecular complexity index is 651. The molecule has 5 heteroatoms. The fourth-order valence-corrected chi connectivity index (χ4v) is 1.97. The van der Waals surface area contributed by atoms with Crippen molar-refractivity contribution in [3.05, 3.63) is 40.2 Å². The van der Waals surface area contributed by atoms with Crippen LogP contribution in [-0.2, 0) is 0 Å². The number of hydrogen-bond donors (Lipinski definition) is 3. The first-order valence-corrected chi connectivity index (χ1v) is 5.93. The zero-order valence-electron chi connectivity index (χ0n) is 10.8. The van der Waals surface area contributed by atoms with Crippen LogP contribution in [0, 0.1) is 0 Å². The van der Waals surface area contributed by atoms with Crippen LogP contribution < -0.4 is 5.63 Å². The van der Waals surface area contributed by atoms with Gasteiger partial charge in [0.15, 0.2) is 0 Å². The zero-order valence-corrected chi connectivity index (χ0v) is 10.8. The summed E-state index contributed by atoms with van der Waals surface area (Å²) in [4.78, 5) is 11.1. The van der Waals surface area contributed by atoms with Gasteiger partial charge in [-0.25, -0.2) is 4.79 Å². The van der Waals surface area contributed by atoms with E-state index in [9.17, 15) is 20.1 Å². The quantitative estimate of drug-likeness (QED) is 0.734. The predicted octanol–water partition coefficient (Wildman–Crippen LogP) is 1.69. The highest BCUT2D eigenvalue weighted by Gasteiger charge is 2.22.